The smallest absolute Gasteiger partial charge is 0.321 e. The molecule has 34 heavy (non-hydrogen) atoms. The Labute approximate surface area is 193 Å². The zero-order valence-corrected chi connectivity index (χ0v) is 18.9. The predicted molar refractivity (Wildman–Crippen MR) is 112 cm³/mol. The minimum atomic E-state index is -4.98. The van der Waals surface area contributed by atoms with Gasteiger partial charge in [0, 0.05) is 13.6 Å². The van der Waals surface area contributed by atoms with Crippen molar-refractivity contribution in [2.45, 2.75) is 57.5 Å². The molecule has 0 spiro atoms. The van der Waals surface area contributed by atoms with Gasteiger partial charge in [-0.1, -0.05) is 6.07 Å². The number of benzene rings is 2. The molecule has 0 saturated carbocycles. The molecule has 3 rings (SSSR count). The van der Waals surface area contributed by atoms with Crippen molar-refractivity contribution in [1.29, 1.82) is 0 Å². The van der Waals surface area contributed by atoms with Crippen LogP contribution in [0.15, 0.2) is 36.4 Å². The van der Waals surface area contributed by atoms with Crippen LogP contribution in [-0.2, 0) is 12.4 Å². The standard InChI is InChI=1S/C24H25F7N2O/c1-14-10-19(25)7-8-20(14)21-6-4-5-9-33(21)22(34)32(3)15(2)16-11-17(23(26,27)28)13-18(12-16)24(29,30)31/h7-8,10-13,15,21H,4-6,9H2,1-3H3. The number of carbonyl (C=O) groups excluding carboxylic acids is 1. The van der Waals surface area contributed by atoms with E-state index in [1.807, 2.05) is 0 Å². The van der Waals surface area contributed by atoms with Gasteiger partial charge < -0.3 is 9.80 Å². The topological polar surface area (TPSA) is 23.6 Å². The van der Waals surface area contributed by atoms with Crippen LogP contribution >= 0.6 is 0 Å². The first-order valence-electron chi connectivity index (χ1n) is 10.8. The van der Waals surface area contributed by atoms with Gasteiger partial charge in [-0.25, -0.2) is 9.18 Å². The van der Waals surface area contributed by atoms with Crippen LogP contribution in [0, 0.1) is 12.7 Å². The molecule has 0 radical (unpaired) electrons. The number of amides is 2. The third-order valence-electron chi connectivity index (χ3n) is 6.31. The molecule has 1 fully saturated rings. The van der Waals surface area contributed by atoms with E-state index in [1.54, 1.807) is 17.9 Å². The lowest BCUT2D eigenvalue weighted by atomic mass is 9.92. The number of aryl methyl sites for hydroxylation is 1. The van der Waals surface area contributed by atoms with Gasteiger partial charge in [0.2, 0.25) is 0 Å². The lowest BCUT2D eigenvalue weighted by molar-refractivity contribution is -0.143. The van der Waals surface area contributed by atoms with Crippen molar-refractivity contribution in [2.24, 2.45) is 0 Å². The zero-order chi connectivity index (χ0) is 25.4. The summed E-state index contributed by atoms with van der Waals surface area (Å²) >= 11 is 0. The molecule has 2 aromatic carbocycles. The molecule has 2 unspecified atom stereocenters. The van der Waals surface area contributed by atoms with Crippen LogP contribution in [0.3, 0.4) is 0 Å². The fraction of sp³-hybridized carbons (Fsp3) is 0.458. The Kier molecular flexibility index (Phi) is 7.19. The van der Waals surface area contributed by atoms with Crippen LogP contribution in [0.5, 0.6) is 0 Å². The largest absolute Gasteiger partial charge is 0.416 e. The van der Waals surface area contributed by atoms with E-state index in [0.29, 0.717) is 37.1 Å². The highest BCUT2D eigenvalue weighted by atomic mass is 19.4. The van der Waals surface area contributed by atoms with Crippen LogP contribution in [0.2, 0.25) is 0 Å². The van der Waals surface area contributed by atoms with Crippen molar-refractivity contribution < 1.29 is 35.5 Å². The molecule has 2 amide bonds. The summed E-state index contributed by atoms with van der Waals surface area (Å²) in [5, 5.41) is 0. The molecule has 0 N–H and O–H groups in total. The fourth-order valence-electron chi connectivity index (χ4n) is 4.31. The van der Waals surface area contributed by atoms with Crippen LogP contribution in [0.25, 0.3) is 0 Å². The molecular weight excluding hydrogens is 465 g/mol. The normalized spacial score (nSPS) is 18.1. The van der Waals surface area contributed by atoms with Crippen molar-refractivity contribution in [3.05, 3.63) is 70.0 Å². The summed E-state index contributed by atoms with van der Waals surface area (Å²) < 4.78 is 93.2. The summed E-state index contributed by atoms with van der Waals surface area (Å²) in [5.74, 6) is -0.411. The number of carbonyl (C=O) groups is 1. The average Bonchev–Trinajstić information content (AvgIpc) is 2.76. The fourth-order valence-corrected chi connectivity index (χ4v) is 4.31. The number of piperidine rings is 1. The molecule has 2 atom stereocenters. The zero-order valence-electron chi connectivity index (χ0n) is 18.9. The molecule has 2 aromatic rings. The molecule has 3 nitrogen and oxygen atoms in total. The molecule has 1 heterocycles. The van der Waals surface area contributed by atoms with Gasteiger partial charge in [0.25, 0.3) is 0 Å². The summed E-state index contributed by atoms with van der Waals surface area (Å²) in [7, 11) is 1.35. The summed E-state index contributed by atoms with van der Waals surface area (Å²) in [6.45, 7) is 3.48. The first kappa shape index (κ1) is 25.8. The highest BCUT2D eigenvalue weighted by Gasteiger charge is 2.38. The van der Waals surface area contributed by atoms with Crippen molar-refractivity contribution in [3.8, 4) is 0 Å². The molecule has 0 aliphatic carbocycles. The minimum Gasteiger partial charge on any atom is -0.321 e. The predicted octanol–water partition coefficient (Wildman–Crippen LogP) is 7.51. The molecule has 186 valence electrons. The second-order valence-corrected chi connectivity index (χ2v) is 8.61. The van der Waals surface area contributed by atoms with E-state index in [9.17, 15) is 35.5 Å². The third kappa shape index (κ3) is 5.47. The van der Waals surface area contributed by atoms with Crippen molar-refractivity contribution in [1.82, 2.24) is 9.80 Å². The molecule has 0 bridgehead atoms. The van der Waals surface area contributed by atoms with Gasteiger partial charge in [-0.2, -0.15) is 26.3 Å². The SMILES string of the molecule is Cc1cc(F)ccc1C1CCCCN1C(=O)N(C)C(C)c1cc(C(F)(F)F)cc(C(F)(F)F)c1. The second kappa shape index (κ2) is 9.46. The van der Waals surface area contributed by atoms with Crippen molar-refractivity contribution in [3.63, 3.8) is 0 Å². The number of alkyl halides is 6. The second-order valence-electron chi connectivity index (χ2n) is 8.61. The molecule has 0 aromatic heterocycles. The van der Waals surface area contributed by atoms with Gasteiger partial charge in [0.15, 0.2) is 0 Å². The Morgan fingerprint density at radius 2 is 1.59 bits per heavy atom. The van der Waals surface area contributed by atoms with Gasteiger partial charge in [-0.15, -0.1) is 0 Å². The lowest BCUT2D eigenvalue weighted by Crippen LogP contribution is -2.46. The maximum absolute atomic E-state index is 13.6. The van der Waals surface area contributed by atoms with E-state index in [1.165, 1.54) is 26.1 Å². The maximum Gasteiger partial charge on any atom is 0.416 e. The Bertz CT molecular complexity index is 1020. The van der Waals surface area contributed by atoms with Gasteiger partial charge in [-0.3, -0.25) is 0 Å². The van der Waals surface area contributed by atoms with Gasteiger partial charge in [0.1, 0.15) is 5.82 Å². The maximum atomic E-state index is 13.6. The van der Waals surface area contributed by atoms with Crippen LogP contribution in [0.1, 0.15) is 66.1 Å². The Morgan fingerprint density at radius 1 is 1.00 bits per heavy atom. The highest BCUT2D eigenvalue weighted by Crippen LogP contribution is 2.39. The average molecular weight is 490 g/mol. The number of hydrogen-bond donors (Lipinski definition) is 0. The van der Waals surface area contributed by atoms with E-state index in [2.05, 4.69) is 0 Å². The number of halogens is 7. The minimum absolute atomic E-state index is 0.0655. The van der Waals surface area contributed by atoms with E-state index >= 15 is 0 Å². The third-order valence-corrected chi connectivity index (χ3v) is 6.31. The van der Waals surface area contributed by atoms with Crippen molar-refractivity contribution in [2.75, 3.05) is 13.6 Å². The number of urea groups is 1. The summed E-state index contributed by atoms with van der Waals surface area (Å²) in [5.41, 5.74) is -1.71. The summed E-state index contributed by atoms with van der Waals surface area (Å²) in [6.07, 6.45) is -7.81. The monoisotopic (exact) mass is 490 g/mol. The first-order valence-corrected chi connectivity index (χ1v) is 10.8. The van der Waals surface area contributed by atoms with E-state index < -0.39 is 41.4 Å². The highest BCUT2D eigenvalue weighted by molar-refractivity contribution is 5.75. The first-order chi connectivity index (χ1) is 15.7. The molecule has 1 aliphatic heterocycles. The van der Waals surface area contributed by atoms with Crippen LogP contribution in [0.4, 0.5) is 35.5 Å². The van der Waals surface area contributed by atoms with Gasteiger partial charge in [-0.05, 0) is 80.1 Å². The number of rotatable bonds is 3. The number of likely N-dealkylation sites (tertiary alicyclic amines) is 1. The quantitative estimate of drug-likeness (QED) is 0.409. The summed E-state index contributed by atoms with van der Waals surface area (Å²) in [6, 6.07) is 3.66. The van der Waals surface area contributed by atoms with Gasteiger partial charge >= 0.3 is 18.4 Å². The van der Waals surface area contributed by atoms with E-state index in [0.717, 1.165) is 16.9 Å². The van der Waals surface area contributed by atoms with Crippen LogP contribution < -0.4 is 0 Å². The van der Waals surface area contributed by atoms with E-state index in [-0.39, 0.29) is 17.7 Å². The molecule has 1 aliphatic rings. The Morgan fingerprint density at radius 3 is 2.12 bits per heavy atom. The molecular formula is C24H25F7N2O. The summed E-state index contributed by atoms with van der Waals surface area (Å²) in [4.78, 5) is 16.1. The Hall–Kier alpha value is -2.78. The molecule has 10 heteroatoms. The van der Waals surface area contributed by atoms with E-state index in [4.69, 9.17) is 0 Å². The number of hydrogen-bond acceptors (Lipinski definition) is 1. The van der Waals surface area contributed by atoms with Gasteiger partial charge in [0.05, 0.1) is 23.2 Å². The number of nitrogens with zero attached hydrogens (tertiary/aromatic N) is 2. The van der Waals surface area contributed by atoms with Crippen molar-refractivity contribution >= 4 is 6.03 Å². The molecule has 1 saturated heterocycles. The Balaban J connectivity index is 1.94. The lowest BCUT2D eigenvalue weighted by Gasteiger charge is -2.40. The van der Waals surface area contributed by atoms with Crippen LogP contribution in [-0.4, -0.2) is 29.4 Å².